The lowest BCUT2D eigenvalue weighted by Gasteiger charge is -2.23. The van der Waals surface area contributed by atoms with Crippen LogP contribution in [0.2, 0.25) is 5.02 Å². The van der Waals surface area contributed by atoms with Gasteiger partial charge in [0.05, 0.1) is 4.90 Å². The second-order valence-corrected chi connectivity index (χ2v) is 10.1. The first-order valence-electron chi connectivity index (χ1n) is 10.5. The number of rotatable bonds is 5. The first-order chi connectivity index (χ1) is 15.9. The Morgan fingerprint density at radius 2 is 1.85 bits per heavy atom. The molecule has 0 saturated carbocycles. The minimum atomic E-state index is -3.82. The molecule has 0 bridgehead atoms. The molecule has 0 radical (unpaired) electrons. The van der Waals surface area contributed by atoms with E-state index in [0.29, 0.717) is 40.6 Å². The van der Waals surface area contributed by atoms with Crippen LogP contribution < -0.4 is 5.32 Å². The molecule has 33 heavy (non-hydrogen) atoms. The summed E-state index contributed by atoms with van der Waals surface area (Å²) in [5.74, 6) is 0.0693. The molecule has 5 rings (SSSR count). The fraction of sp³-hybridized carbons (Fsp3) is 0.167. The maximum Gasteiger partial charge on any atom is 0.243 e. The molecule has 1 amide bonds. The van der Waals surface area contributed by atoms with E-state index >= 15 is 0 Å². The minimum Gasteiger partial charge on any atom is -0.436 e. The van der Waals surface area contributed by atoms with Crippen molar-refractivity contribution in [2.24, 2.45) is 0 Å². The average molecular weight is 482 g/mol. The van der Waals surface area contributed by atoms with Crippen molar-refractivity contribution in [3.05, 3.63) is 77.8 Å². The number of hydrogen-bond donors (Lipinski definition) is 1. The molecule has 1 aliphatic heterocycles. The third kappa shape index (κ3) is 4.25. The molecule has 1 aliphatic rings. The van der Waals surface area contributed by atoms with Crippen molar-refractivity contribution in [2.45, 2.75) is 23.8 Å². The Morgan fingerprint density at radius 1 is 1.06 bits per heavy atom. The number of anilines is 1. The summed E-state index contributed by atoms with van der Waals surface area (Å²) in [7, 11) is -3.82. The molecule has 0 spiro atoms. The molecule has 0 aliphatic carbocycles. The number of oxazole rings is 1. The van der Waals surface area contributed by atoms with Crippen molar-refractivity contribution in [3.8, 4) is 11.5 Å². The zero-order valence-electron chi connectivity index (χ0n) is 17.4. The van der Waals surface area contributed by atoms with E-state index in [1.165, 1.54) is 28.6 Å². The zero-order chi connectivity index (χ0) is 23.0. The maximum atomic E-state index is 13.1. The Bertz CT molecular complexity index is 1400. The highest BCUT2D eigenvalue weighted by Crippen LogP contribution is 2.29. The second-order valence-electron chi connectivity index (χ2n) is 7.78. The summed E-state index contributed by atoms with van der Waals surface area (Å²) >= 11 is 5.89. The predicted molar refractivity (Wildman–Crippen MR) is 126 cm³/mol. The molecule has 1 aromatic heterocycles. The Kier molecular flexibility index (Phi) is 5.65. The van der Waals surface area contributed by atoms with E-state index in [1.807, 2.05) is 30.3 Å². The third-order valence-corrected chi connectivity index (χ3v) is 7.77. The highest BCUT2D eigenvalue weighted by Gasteiger charge is 2.39. The van der Waals surface area contributed by atoms with E-state index in [2.05, 4.69) is 10.3 Å². The van der Waals surface area contributed by atoms with Crippen molar-refractivity contribution >= 4 is 44.3 Å². The minimum absolute atomic E-state index is 0.115. The van der Waals surface area contributed by atoms with Crippen LogP contribution in [0.4, 0.5) is 5.69 Å². The van der Waals surface area contributed by atoms with Gasteiger partial charge in [-0.2, -0.15) is 4.31 Å². The molecule has 1 N–H and O–H groups in total. The van der Waals surface area contributed by atoms with E-state index in [9.17, 15) is 13.2 Å². The molecule has 7 nitrogen and oxygen atoms in total. The standard InChI is InChI=1S/C24H20ClN3O4S/c25-17-10-12-19(13-11-17)33(30,31)28-14-4-8-21(28)23(29)26-18-6-3-5-16(15-18)24-27-20-7-1-2-9-22(20)32-24/h1-3,5-7,9-13,15,21H,4,8,14H2,(H,26,29). The van der Waals surface area contributed by atoms with E-state index < -0.39 is 16.1 Å². The number of nitrogens with zero attached hydrogens (tertiary/aromatic N) is 2. The van der Waals surface area contributed by atoms with Crippen LogP contribution in [0.1, 0.15) is 12.8 Å². The van der Waals surface area contributed by atoms with Crippen LogP contribution >= 0.6 is 11.6 Å². The zero-order valence-corrected chi connectivity index (χ0v) is 19.0. The number of nitrogens with one attached hydrogen (secondary N) is 1. The topological polar surface area (TPSA) is 92.5 Å². The third-order valence-electron chi connectivity index (χ3n) is 5.60. The smallest absolute Gasteiger partial charge is 0.243 e. The van der Waals surface area contributed by atoms with Crippen LogP contribution in [-0.2, 0) is 14.8 Å². The lowest BCUT2D eigenvalue weighted by atomic mass is 10.1. The molecular weight excluding hydrogens is 462 g/mol. The molecule has 1 atom stereocenters. The molecule has 3 aromatic carbocycles. The summed E-state index contributed by atoms with van der Waals surface area (Å²) in [4.78, 5) is 17.7. The van der Waals surface area contributed by atoms with Gasteiger partial charge in [-0.05, 0) is 67.4 Å². The second kappa shape index (κ2) is 8.62. The van der Waals surface area contributed by atoms with Crippen LogP contribution in [0.15, 0.2) is 82.1 Å². The molecule has 1 saturated heterocycles. The fourth-order valence-corrected chi connectivity index (χ4v) is 5.77. The van der Waals surface area contributed by atoms with Crippen LogP contribution in [0.25, 0.3) is 22.6 Å². The van der Waals surface area contributed by atoms with E-state index in [1.54, 1.807) is 18.2 Å². The van der Waals surface area contributed by atoms with Gasteiger partial charge in [0.1, 0.15) is 11.6 Å². The van der Waals surface area contributed by atoms with Crippen molar-refractivity contribution < 1.29 is 17.6 Å². The van der Waals surface area contributed by atoms with Gasteiger partial charge in [-0.1, -0.05) is 29.8 Å². The number of sulfonamides is 1. The SMILES string of the molecule is O=C(Nc1cccc(-c2nc3ccccc3o2)c1)C1CCCN1S(=O)(=O)c1ccc(Cl)cc1. The van der Waals surface area contributed by atoms with Crippen molar-refractivity contribution in [3.63, 3.8) is 0 Å². The molecule has 1 unspecified atom stereocenters. The van der Waals surface area contributed by atoms with Gasteiger partial charge in [-0.25, -0.2) is 13.4 Å². The van der Waals surface area contributed by atoms with E-state index in [-0.39, 0.29) is 17.3 Å². The molecule has 4 aromatic rings. The number of carbonyl (C=O) groups is 1. The number of para-hydroxylation sites is 2. The lowest BCUT2D eigenvalue weighted by molar-refractivity contribution is -0.119. The highest BCUT2D eigenvalue weighted by atomic mass is 35.5. The Labute approximate surface area is 196 Å². The number of carbonyl (C=O) groups excluding carboxylic acids is 1. The summed E-state index contributed by atoms with van der Waals surface area (Å²) < 4.78 is 33.3. The highest BCUT2D eigenvalue weighted by molar-refractivity contribution is 7.89. The first-order valence-corrected chi connectivity index (χ1v) is 12.3. The normalized spacial score (nSPS) is 16.8. The average Bonchev–Trinajstić information content (AvgIpc) is 3.47. The molecule has 1 fully saturated rings. The van der Waals surface area contributed by atoms with Crippen LogP contribution in [0.3, 0.4) is 0 Å². The van der Waals surface area contributed by atoms with Crippen molar-refractivity contribution in [1.29, 1.82) is 0 Å². The molecule has 168 valence electrons. The largest absolute Gasteiger partial charge is 0.436 e. The van der Waals surface area contributed by atoms with E-state index in [0.717, 1.165) is 5.52 Å². The van der Waals surface area contributed by atoms with Crippen molar-refractivity contribution in [1.82, 2.24) is 9.29 Å². The van der Waals surface area contributed by atoms with E-state index in [4.69, 9.17) is 16.0 Å². The van der Waals surface area contributed by atoms with Gasteiger partial charge in [0.25, 0.3) is 0 Å². The summed E-state index contributed by atoms with van der Waals surface area (Å²) in [6.45, 7) is 0.284. The number of aromatic nitrogens is 1. The number of benzene rings is 3. The van der Waals surface area contributed by atoms with Gasteiger partial charge in [-0.3, -0.25) is 4.79 Å². The van der Waals surface area contributed by atoms with Gasteiger partial charge in [0.2, 0.25) is 21.8 Å². The maximum absolute atomic E-state index is 13.1. The number of fused-ring (bicyclic) bond motifs is 1. The number of hydrogen-bond acceptors (Lipinski definition) is 5. The molecule has 2 heterocycles. The van der Waals surface area contributed by atoms with Crippen LogP contribution in [0.5, 0.6) is 0 Å². The van der Waals surface area contributed by atoms with Crippen LogP contribution in [0, 0.1) is 0 Å². The van der Waals surface area contributed by atoms with Gasteiger partial charge < -0.3 is 9.73 Å². The van der Waals surface area contributed by atoms with Gasteiger partial charge in [0.15, 0.2) is 5.58 Å². The Hall–Kier alpha value is -3.20. The number of halogens is 1. The quantitative estimate of drug-likeness (QED) is 0.436. The van der Waals surface area contributed by atoms with Gasteiger partial charge >= 0.3 is 0 Å². The predicted octanol–water partition coefficient (Wildman–Crippen LogP) is 4.94. The first kappa shape index (κ1) is 21.6. The Morgan fingerprint density at radius 3 is 2.64 bits per heavy atom. The summed E-state index contributed by atoms with van der Waals surface area (Å²) in [5.41, 5.74) is 2.67. The lowest BCUT2D eigenvalue weighted by Crippen LogP contribution is -2.43. The van der Waals surface area contributed by atoms with Crippen LogP contribution in [-0.4, -0.2) is 36.2 Å². The summed E-state index contributed by atoms with van der Waals surface area (Å²) in [5, 5.41) is 3.30. The fourth-order valence-electron chi connectivity index (χ4n) is 3.98. The summed E-state index contributed by atoms with van der Waals surface area (Å²) in [6, 6.07) is 19.8. The Balaban J connectivity index is 1.37. The molecule has 9 heteroatoms. The molecular formula is C24H20ClN3O4S. The monoisotopic (exact) mass is 481 g/mol. The van der Waals surface area contributed by atoms with Gasteiger partial charge in [0, 0.05) is 22.8 Å². The van der Waals surface area contributed by atoms with Crippen molar-refractivity contribution in [2.75, 3.05) is 11.9 Å². The number of amides is 1. The van der Waals surface area contributed by atoms with Gasteiger partial charge in [-0.15, -0.1) is 0 Å². The summed E-state index contributed by atoms with van der Waals surface area (Å²) in [6.07, 6.45) is 1.05.